The van der Waals surface area contributed by atoms with Crippen molar-refractivity contribution in [1.82, 2.24) is 9.13 Å². The second-order valence-corrected chi connectivity index (χ2v) is 12.1. The van der Waals surface area contributed by atoms with Crippen LogP contribution >= 0.6 is 0 Å². The van der Waals surface area contributed by atoms with E-state index in [4.69, 9.17) is 9.31 Å². The Balaban J connectivity index is 1.28. The molecule has 5 aromatic carbocycles. The molecule has 1 saturated heterocycles. The topological polar surface area (TPSA) is 28.3 Å². The molecule has 0 aliphatic carbocycles. The highest BCUT2D eigenvalue weighted by atomic mass is 16.7. The van der Waals surface area contributed by atoms with Crippen LogP contribution in [-0.4, -0.2) is 27.5 Å². The summed E-state index contributed by atoms with van der Waals surface area (Å²) in [6, 6.07) is 41.5. The van der Waals surface area contributed by atoms with E-state index in [-0.39, 0.29) is 18.3 Å². The molecule has 1 aliphatic heterocycles. The first-order valence-corrected chi connectivity index (χ1v) is 14.3. The lowest BCUT2D eigenvalue weighted by atomic mass is 9.79. The zero-order valence-electron chi connectivity index (χ0n) is 23.8. The molecular weight excluding hydrogens is 503 g/mol. The fourth-order valence-electron chi connectivity index (χ4n) is 6.34. The van der Waals surface area contributed by atoms with Crippen molar-refractivity contribution >= 4 is 56.2 Å². The minimum atomic E-state index is -0.374. The van der Waals surface area contributed by atoms with Gasteiger partial charge in [-0.25, -0.2) is 0 Å². The molecule has 0 amide bonds. The number of hydrogen-bond acceptors (Lipinski definition) is 2. The summed E-state index contributed by atoms with van der Waals surface area (Å²) in [7, 11) is -0.374. The van der Waals surface area contributed by atoms with Crippen LogP contribution in [0, 0.1) is 0 Å². The molecule has 41 heavy (non-hydrogen) atoms. The van der Waals surface area contributed by atoms with Crippen molar-refractivity contribution in [2.75, 3.05) is 0 Å². The van der Waals surface area contributed by atoms with Gasteiger partial charge in [0.05, 0.1) is 33.3 Å². The Morgan fingerprint density at radius 3 is 1.41 bits per heavy atom. The third-order valence-corrected chi connectivity index (χ3v) is 9.17. The number of aromatic nitrogens is 2. The predicted molar refractivity (Wildman–Crippen MR) is 171 cm³/mol. The minimum absolute atomic E-state index is 0.364. The normalized spacial score (nSPS) is 16.4. The van der Waals surface area contributed by atoms with E-state index in [2.05, 4.69) is 152 Å². The number of rotatable bonds is 3. The Hall–Kier alpha value is -4.32. The summed E-state index contributed by atoms with van der Waals surface area (Å²) in [5.74, 6) is 0. The number of hydrogen-bond donors (Lipinski definition) is 0. The highest BCUT2D eigenvalue weighted by Crippen LogP contribution is 2.38. The van der Waals surface area contributed by atoms with Crippen molar-refractivity contribution in [3.8, 4) is 11.4 Å². The van der Waals surface area contributed by atoms with Gasteiger partial charge in [-0.15, -0.1) is 0 Å². The smallest absolute Gasteiger partial charge is 0.399 e. The summed E-state index contributed by atoms with van der Waals surface area (Å²) in [4.78, 5) is 0. The summed E-state index contributed by atoms with van der Waals surface area (Å²) in [5.41, 5.74) is 7.38. The van der Waals surface area contributed by atoms with Gasteiger partial charge in [0.2, 0.25) is 0 Å². The van der Waals surface area contributed by atoms with Crippen LogP contribution in [-0.2, 0) is 9.31 Å². The van der Waals surface area contributed by atoms with Crippen LogP contribution in [0.1, 0.15) is 27.7 Å². The zero-order chi connectivity index (χ0) is 27.9. The van der Waals surface area contributed by atoms with Crippen LogP contribution in [0.25, 0.3) is 55.0 Å². The molecule has 0 unspecified atom stereocenters. The SMILES string of the molecule is CC1(C)OB(c2ccc(-n3c4ccccc4c4cc(-n5c6ccccc6c6ccccc65)ccc43)cc2)OC1(C)C. The lowest BCUT2D eigenvalue weighted by Gasteiger charge is -2.32. The average Bonchev–Trinajstić information content (AvgIpc) is 3.57. The zero-order valence-corrected chi connectivity index (χ0v) is 23.8. The van der Waals surface area contributed by atoms with Crippen LogP contribution in [0.15, 0.2) is 115 Å². The van der Waals surface area contributed by atoms with Crippen LogP contribution in [0.2, 0.25) is 0 Å². The monoisotopic (exact) mass is 534 g/mol. The number of fused-ring (bicyclic) bond motifs is 6. The van der Waals surface area contributed by atoms with Crippen molar-refractivity contribution < 1.29 is 9.31 Å². The Morgan fingerprint density at radius 1 is 0.463 bits per heavy atom. The highest BCUT2D eigenvalue weighted by Gasteiger charge is 2.51. The van der Waals surface area contributed by atoms with E-state index in [0.29, 0.717) is 0 Å². The van der Waals surface area contributed by atoms with Gasteiger partial charge < -0.3 is 18.4 Å². The van der Waals surface area contributed by atoms with Gasteiger partial charge in [0.1, 0.15) is 0 Å². The molecule has 0 atom stereocenters. The van der Waals surface area contributed by atoms with Crippen molar-refractivity contribution in [1.29, 1.82) is 0 Å². The van der Waals surface area contributed by atoms with Crippen molar-refractivity contribution in [2.24, 2.45) is 0 Å². The molecule has 200 valence electrons. The molecule has 0 spiro atoms. The van der Waals surface area contributed by atoms with Crippen molar-refractivity contribution in [3.05, 3.63) is 115 Å². The molecule has 1 aliphatic rings. The quantitative estimate of drug-likeness (QED) is 0.214. The van der Waals surface area contributed by atoms with E-state index in [1.807, 2.05) is 0 Å². The predicted octanol–water partition coefficient (Wildman–Crippen LogP) is 8.18. The first-order valence-electron chi connectivity index (χ1n) is 14.3. The summed E-state index contributed by atoms with van der Waals surface area (Å²) < 4.78 is 17.3. The highest BCUT2D eigenvalue weighted by molar-refractivity contribution is 6.62. The molecule has 2 aromatic heterocycles. The molecule has 3 heterocycles. The summed E-state index contributed by atoms with van der Waals surface area (Å²) >= 11 is 0. The second kappa shape index (κ2) is 8.59. The fraction of sp³-hybridized carbons (Fsp3) is 0.167. The lowest BCUT2D eigenvalue weighted by Crippen LogP contribution is -2.41. The van der Waals surface area contributed by atoms with Gasteiger partial charge >= 0.3 is 7.12 Å². The summed E-state index contributed by atoms with van der Waals surface area (Å²) in [5, 5.41) is 5.01. The maximum absolute atomic E-state index is 6.30. The molecule has 0 N–H and O–H groups in total. The molecule has 0 radical (unpaired) electrons. The molecule has 5 heteroatoms. The van der Waals surface area contributed by atoms with Gasteiger partial charge in [-0.1, -0.05) is 66.7 Å². The van der Waals surface area contributed by atoms with Crippen molar-refractivity contribution in [2.45, 2.75) is 38.9 Å². The molecule has 0 saturated carbocycles. The van der Waals surface area contributed by atoms with Gasteiger partial charge in [-0.05, 0) is 81.7 Å². The maximum Gasteiger partial charge on any atom is 0.494 e. The van der Waals surface area contributed by atoms with E-state index in [1.165, 1.54) is 43.6 Å². The molecule has 4 nitrogen and oxygen atoms in total. The fourth-order valence-corrected chi connectivity index (χ4v) is 6.34. The lowest BCUT2D eigenvalue weighted by molar-refractivity contribution is 0.00578. The van der Waals surface area contributed by atoms with Gasteiger partial charge in [0.15, 0.2) is 0 Å². The Bertz CT molecular complexity index is 2050. The van der Waals surface area contributed by atoms with E-state index in [0.717, 1.165) is 16.8 Å². The van der Waals surface area contributed by atoms with E-state index < -0.39 is 0 Å². The molecule has 8 rings (SSSR count). The average molecular weight is 534 g/mol. The first-order chi connectivity index (χ1) is 19.8. The summed E-state index contributed by atoms with van der Waals surface area (Å²) in [6.45, 7) is 8.36. The van der Waals surface area contributed by atoms with E-state index in [1.54, 1.807) is 0 Å². The van der Waals surface area contributed by atoms with Crippen LogP contribution < -0.4 is 5.46 Å². The van der Waals surface area contributed by atoms with Crippen LogP contribution in [0.3, 0.4) is 0 Å². The number of benzene rings is 5. The Kier molecular flexibility index (Phi) is 5.13. The molecular formula is C36H31BN2O2. The van der Waals surface area contributed by atoms with Crippen LogP contribution in [0.5, 0.6) is 0 Å². The standard InChI is InChI=1S/C36H31BN2O2/c1-35(2)36(3,4)41-37(40-35)24-17-19-25(20-18-24)38-33-16-10-7-13-29(33)30-23-26(21-22-34(30)38)39-31-14-8-5-11-27(31)28-12-6-9-15-32(28)39/h5-23H,1-4H3. The second-order valence-electron chi connectivity index (χ2n) is 12.1. The Labute approximate surface area is 239 Å². The number of para-hydroxylation sites is 3. The van der Waals surface area contributed by atoms with Crippen LogP contribution in [0.4, 0.5) is 0 Å². The largest absolute Gasteiger partial charge is 0.494 e. The molecule has 1 fully saturated rings. The summed E-state index contributed by atoms with van der Waals surface area (Å²) in [6.07, 6.45) is 0. The Morgan fingerprint density at radius 2 is 0.878 bits per heavy atom. The minimum Gasteiger partial charge on any atom is -0.399 e. The van der Waals surface area contributed by atoms with Crippen molar-refractivity contribution in [3.63, 3.8) is 0 Å². The first kappa shape index (κ1) is 24.5. The van der Waals surface area contributed by atoms with Gasteiger partial charge in [-0.3, -0.25) is 0 Å². The molecule has 7 aromatic rings. The van der Waals surface area contributed by atoms with E-state index in [9.17, 15) is 0 Å². The van der Waals surface area contributed by atoms with Gasteiger partial charge in [0.25, 0.3) is 0 Å². The van der Waals surface area contributed by atoms with Gasteiger partial charge in [-0.2, -0.15) is 0 Å². The van der Waals surface area contributed by atoms with E-state index >= 15 is 0 Å². The van der Waals surface area contributed by atoms with Gasteiger partial charge in [0, 0.05) is 32.9 Å². The third kappa shape index (κ3) is 3.56. The third-order valence-electron chi connectivity index (χ3n) is 9.17. The molecule has 0 bridgehead atoms. The number of nitrogens with zero attached hydrogens (tertiary/aromatic N) is 2. The maximum atomic E-state index is 6.30.